The predicted molar refractivity (Wildman–Crippen MR) is 82.8 cm³/mol. The van der Waals surface area contributed by atoms with E-state index < -0.39 is 5.91 Å². The molecule has 1 aromatic rings. The van der Waals surface area contributed by atoms with Gasteiger partial charge in [0, 0.05) is 5.69 Å². The zero-order valence-corrected chi connectivity index (χ0v) is 13.1. The van der Waals surface area contributed by atoms with Crippen LogP contribution in [0, 0.1) is 0 Å². The molecule has 0 heterocycles. The lowest BCUT2D eigenvalue weighted by Gasteiger charge is -2.27. The fraction of sp³-hybridized carbons (Fsp3) is 0.500. The highest BCUT2D eigenvalue weighted by Crippen LogP contribution is 2.34. The van der Waals surface area contributed by atoms with E-state index in [-0.39, 0.29) is 10.8 Å². The van der Waals surface area contributed by atoms with Gasteiger partial charge in [0.15, 0.2) is 0 Å². The Morgan fingerprint density at radius 2 is 1.75 bits per heavy atom. The van der Waals surface area contributed by atoms with Crippen molar-refractivity contribution in [2.24, 2.45) is 5.16 Å². The van der Waals surface area contributed by atoms with E-state index >= 15 is 0 Å². The molecule has 0 aliphatic heterocycles. The van der Waals surface area contributed by atoms with Crippen molar-refractivity contribution < 1.29 is 10.0 Å². The number of anilines is 1. The van der Waals surface area contributed by atoms with Gasteiger partial charge in [0.25, 0.3) is 5.91 Å². The molecule has 0 saturated heterocycles. The van der Waals surface area contributed by atoms with Gasteiger partial charge in [-0.25, -0.2) is 0 Å². The van der Waals surface area contributed by atoms with Gasteiger partial charge in [-0.1, -0.05) is 58.8 Å². The van der Waals surface area contributed by atoms with Gasteiger partial charge in [-0.3, -0.25) is 4.79 Å². The Bertz CT molecular complexity index is 520. The first-order valence-electron chi connectivity index (χ1n) is 6.69. The number of amides is 1. The Morgan fingerprint density at radius 1 is 1.15 bits per heavy atom. The summed E-state index contributed by atoms with van der Waals surface area (Å²) in [6.45, 7) is 12.8. The summed E-state index contributed by atoms with van der Waals surface area (Å²) < 4.78 is 0. The van der Waals surface area contributed by atoms with Crippen molar-refractivity contribution in [2.45, 2.75) is 52.4 Å². The summed E-state index contributed by atoms with van der Waals surface area (Å²) in [6.07, 6.45) is 0.851. The van der Waals surface area contributed by atoms with E-state index in [1.54, 1.807) is 0 Å². The molecule has 0 aromatic heterocycles. The van der Waals surface area contributed by atoms with Gasteiger partial charge in [-0.2, -0.15) is 0 Å². The number of carbonyl (C=O) groups is 1. The van der Waals surface area contributed by atoms with E-state index in [0.29, 0.717) is 0 Å². The van der Waals surface area contributed by atoms with E-state index in [9.17, 15) is 4.79 Å². The van der Waals surface area contributed by atoms with Gasteiger partial charge in [-0.05, 0) is 28.0 Å². The molecule has 1 aromatic carbocycles. The van der Waals surface area contributed by atoms with Crippen LogP contribution in [0.3, 0.4) is 0 Å². The predicted octanol–water partition coefficient (Wildman–Crippen LogP) is 3.68. The van der Waals surface area contributed by atoms with Gasteiger partial charge in [-0.15, -0.1) is 0 Å². The molecular weight excluding hydrogens is 252 g/mol. The van der Waals surface area contributed by atoms with Crippen LogP contribution < -0.4 is 5.32 Å². The highest BCUT2D eigenvalue weighted by molar-refractivity contribution is 6.31. The highest BCUT2D eigenvalue weighted by atomic mass is 16.4. The van der Waals surface area contributed by atoms with Crippen molar-refractivity contribution in [3.8, 4) is 0 Å². The molecule has 0 atom stereocenters. The van der Waals surface area contributed by atoms with Gasteiger partial charge < -0.3 is 10.5 Å². The molecule has 0 aliphatic carbocycles. The van der Waals surface area contributed by atoms with Gasteiger partial charge in [0.05, 0.1) is 0 Å². The molecule has 0 unspecified atom stereocenters. The minimum atomic E-state index is -0.443. The number of nitrogens with one attached hydrogen (secondary N) is 1. The molecule has 0 spiro atoms. The summed E-state index contributed by atoms with van der Waals surface area (Å²) >= 11 is 0. The third kappa shape index (κ3) is 4.08. The van der Waals surface area contributed by atoms with Crippen LogP contribution in [0.5, 0.6) is 0 Å². The first-order chi connectivity index (χ1) is 9.05. The molecule has 20 heavy (non-hydrogen) atoms. The van der Waals surface area contributed by atoms with Crippen LogP contribution in [0.15, 0.2) is 23.4 Å². The van der Waals surface area contributed by atoms with Gasteiger partial charge in [0.1, 0.15) is 6.21 Å². The zero-order valence-electron chi connectivity index (χ0n) is 13.1. The Kier molecular flexibility index (Phi) is 4.58. The molecule has 4 nitrogen and oxygen atoms in total. The van der Waals surface area contributed by atoms with Gasteiger partial charge in [0.2, 0.25) is 0 Å². The number of hydrogen-bond acceptors (Lipinski definition) is 3. The van der Waals surface area contributed by atoms with Crippen LogP contribution in [-0.4, -0.2) is 17.3 Å². The summed E-state index contributed by atoms with van der Waals surface area (Å²) in [7, 11) is 0. The van der Waals surface area contributed by atoms with Crippen molar-refractivity contribution in [3.05, 3.63) is 29.3 Å². The lowest BCUT2D eigenvalue weighted by molar-refractivity contribution is -0.110. The second kappa shape index (κ2) is 5.65. The monoisotopic (exact) mass is 276 g/mol. The average Bonchev–Trinajstić information content (AvgIpc) is 2.26. The third-order valence-electron chi connectivity index (χ3n) is 3.13. The number of hydrogen-bond donors (Lipinski definition) is 2. The molecule has 0 radical (unpaired) electrons. The Balaban J connectivity index is 3.28. The third-order valence-corrected chi connectivity index (χ3v) is 3.13. The summed E-state index contributed by atoms with van der Waals surface area (Å²) in [5.74, 6) is -0.443. The molecule has 0 saturated carbocycles. The van der Waals surface area contributed by atoms with Crippen LogP contribution >= 0.6 is 0 Å². The van der Waals surface area contributed by atoms with Crippen LogP contribution in [0.4, 0.5) is 5.69 Å². The second-order valence-electron chi connectivity index (χ2n) is 6.99. The van der Waals surface area contributed by atoms with Crippen LogP contribution in [-0.2, 0) is 15.6 Å². The van der Waals surface area contributed by atoms with Crippen LogP contribution in [0.2, 0.25) is 0 Å². The zero-order chi connectivity index (χ0) is 15.6. The maximum atomic E-state index is 11.6. The normalized spacial score (nSPS) is 12.7. The quantitative estimate of drug-likeness (QED) is 0.491. The smallest absolute Gasteiger partial charge is 0.270 e. The van der Waals surface area contributed by atoms with Gasteiger partial charge >= 0.3 is 0 Å². The Morgan fingerprint density at radius 3 is 2.20 bits per heavy atom. The van der Waals surface area contributed by atoms with Crippen molar-refractivity contribution in [2.75, 3.05) is 5.32 Å². The van der Waals surface area contributed by atoms with Crippen LogP contribution in [0.25, 0.3) is 0 Å². The van der Waals surface area contributed by atoms with E-state index in [0.717, 1.165) is 17.5 Å². The largest absolute Gasteiger partial charge is 0.411 e. The molecule has 0 aliphatic rings. The molecule has 4 heteroatoms. The van der Waals surface area contributed by atoms with Crippen molar-refractivity contribution in [3.63, 3.8) is 0 Å². The topological polar surface area (TPSA) is 61.7 Å². The van der Waals surface area contributed by atoms with Crippen molar-refractivity contribution in [1.29, 1.82) is 0 Å². The van der Waals surface area contributed by atoms with Crippen LogP contribution in [0.1, 0.15) is 52.7 Å². The molecular formula is C16H24N2O2. The Labute approximate surface area is 120 Å². The number of nitrogens with zero attached hydrogens (tertiary/aromatic N) is 1. The molecule has 110 valence electrons. The SMILES string of the molecule is CC(C)(C)c1ccc(NC(=O)/C=N/O)c(C(C)(C)C)c1. The Hall–Kier alpha value is -1.84. The summed E-state index contributed by atoms with van der Waals surface area (Å²) in [5, 5.41) is 13.9. The first kappa shape index (κ1) is 16.2. The average molecular weight is 276 g/mol. The number of benzene rings is 1. The molecule has 2 N–H and O–H groups in total. The minimum Gasteiger partial charge on any atom is -0.411 e. The van der Waals surface area contributed by atoms with E-state index in [2.05, 4.69) is 58.1 Å². The van der Waals surface area contributed by atoms with E-state index in [1.807, 2.05) is 12.1 Å². The number of oxime groups is 1. The minimum absolute atomic E-state index is 0.0507. The lowest BCUT2D eigenvalue weighted by atomic mass is 9.80. The molecule has 0 bridgehead atoms. The highest BCUT2D eigenvalue weighted by Gasteiger charge is 2.22. The number of carbonyl (C=O) groups excluding carboxylic acids is 1. The summed E-state index contributed by atoms with van der Waals surface area (Å²) in [6, 6.07) is 6.05. The number of rotatable bonds is 2. The second-order valence-corrected chi connectivity index (χ2v) is 6.99. The summed E-state index contributed by atoms with van der Waals surface area (Å²) in [4.78, 5) is 11.6. The summed E-state index contributed by atoms with van der Waals surface area (Å²) in [5.41, 5.74) is 2.98. The first-order valence-corrected chi connectivity index (χ1v) is 6.69. The maximum Gasteiger partial charge on any atom is 0.270 e. The molecule has 0 fully saturated rings. The molecule has 1 amide bonds. The van der Waals surface area contributed by atoms with E-state index in [4.69, 9.17) is 5.21 Å². The fourth-order valence-electron chi connectivity index (χ4n) is 1.96. The fourth-order valence-corrected chi connectivity index (χ4v) is 1.96. The standard InChI is InChI=1S/C16H24N2O2/c1-15(2,3)11-7-8-13(18-14(19)10-17-20)12(9-11)16(4,5)6/h7-10,20H,1-6H3,(H,18,19)/b17-10+. The lowest BCUT2D eigenvalue weighted by Crippen LogP contribution is -2.21. The van der Waals surface area contributed by atoms with Crippen molar-refractivity contribution in [1.82, 2.24) is 0 Å². The van der Waals surface area contributed by atoms with E-state index in [1.165, 1.54) is 5.56 Å². The maximum absolute atomic E-state index is 11.6. The molecule has 1 rings (SSSR count). The van der Waals surface area contributed by atoms with Crippen molar-refractivity contribution >= 4 is 17.8 Å².